The van der Waals surface area contributed by atoms with Gasteiger partial charge in [-0.2, -0.15) is 0 Å². The Morgan fingerprint density at radius 3 is 2.67 bits per heavy atom. The van der Waals surface area contributed by atoms with Crippen molar-refractivity contribution in [2.45, 2.75) is 84.5 Å². The van der Waals surface area contributed by atoms with E-state index in [2.05, 4.69) is 27.7 Å². The molecule has 0 N–H and O–H groups in total. The second-order valence-corrected chi connectivity index (χ2v) is 9.78. The molecule has 0 aromatic rings. The van der Waals surface area contributed by atoms with Gasteiger partial charge in [0.05, 0.1) is 6.10 Å². The first-order valence-corrected chi connectivity index (χ1v) is 10.3. The fourth-order valence-electron chi connectivity index (χ4n) is 6.55. The Balaban J connectivity index is 1.64. The minimum absolute atomic E-state index is 0.103. The van der Waals surface area contributed by atoms with Crippen LogP contribution < -0.4 is 0 Å². The zero-order valence-corrected chi connectivity index (χ0v) is 17.2. The molecular formula is C22H32O5. The maximum atomic E-state index is 11.8. The number of esters is 2. The maximum Gasteiger partial charge on any atom is 0.331 e. The molecule has 0 amide bonds. The van der Waals surface area contributed by atoms with E-state index in [0.29, 0.717) is 18.4 Å². The molecule has 2 aliphatic heterocycles. The second kappa shape index (κ2) is 6.07. The van der Waals surface area contributed by atoms with Crippen molar-refractivity contribution in [3.8, 4) is 0 Å². The van der Waals surface area contributed by atoms with E-state index in [0.717, 1.165) is 37.7 Å². The van der Waals surface area contributed by atoms with E-state index in [1.54, 1.807) is 6.08 Å². The predicted octanol–water partition coefficient (Wildman–Crippen LogP) is 3.80. The summed E-state index contributed by atoms with van der Waals surface area (Å²) in [5, 5.41) is 0. The van der Waals surface area contributed by atoms with Gasteiger partial charge in [0.2, 0.25) is 0 Å². The molecular weight excluding hydrogens is 344 g/mol. The number of hydrogen-bond donors (Lipinski definition) is 0. The Morgan fingerprint density at radius 2 is 2.04 bits per heavy atom. The molecule has 0 spiro atoms. The first-order chi connectivity index (χ1) is 12.6. The molecule has 0 radical (unpaired) electrons. The Bertz CT molecular complexity index is 699. The molecule has 1 saturated heterocycles. The number of carbonyl (C=O) groups excluding carboxylic acids is 2. The quantitative estimate of drug-likeness (QED) is 0.551. The molecule has 2 heterocycles. The Hall–Kier alpha value is -1.36. The van der Waals surface area contributed by atoms with E-state index in [-0.39, 0.29) is 40.6 Å². The fourth-order valence-corrected chi connectivity index (χ4v) is 6.55. The number of fused-ring (bicyclic) bond motifs is 3. The average Bonchev–Trinajstić information content (AvgIpc) is 3.11. The van der Waals surface area contributed by atoms with Crippen LogP contribution in [0.15, 0.2) is 11.6 Å². The smallest absolute Gasteiger partial charge is 0.331 e. The number of carbonyl (C=O) groups is 2. The molecule has 4 rings (SSSR count). The summed E-state index contributed by atoms with van der Waals surface area (Å²) in [5.41, 5.74) is 0.819. The van der Waals surface area contributed by atoms with Crippen LogP contribution in [0.5, 0.6) is 0 Å². The van der Waals surface area contributed by atoms with Crippen LogP contribution in [0, 0.1) is 22.7 Å². The maximum absolute atomic E-state index is 11.8. The van der Waals surface area contributed by atoms with E-state index in [1.165, 1.54) is 6.92 Å². The molecule has 0 unspecified atom stereocenters. The van der Waals surface area contributed by atoms with Gasteiger partial charge in [-0.25, -0.2) is 4.79 Å². The van der Waals surface area contributed by atoms with Gasteiger partial charge in [-0.15, -0.1) is 0 Å². The molecule has 2 aliphatic carbocycles. The van der Waals surface area contributed by atoms with Crippen molar-refractivity contribution >= 4 is 11.9 Å². The molecule has 150 valence electrons. The molecule has 0 aromatic heterocycles. The zero-order valence-electron chi connectivity index (χ0n) is 17.2. The predicted molar refractivity (Wildman–Crippen MR) is 99.8 cm³/mol. The summed E-state index contributed by atoms with van der Waals surface area (Å²) in [4.78, 5) is 23.2. The van der Waals surface area contributed by atoms with Crippen LogP contribution in [0.25, 0.3) is 0 Å². The number of ether oxygens (including phenoxy) is 3. The molecule has 5 nitrogen and oxygen atoms in total. The van der Waals surface area contributed by atoms with Gasteiger partial charge in [-0.1, -0.05) is 20.8 Å². The Kier molecular flexibility index (Phi) is 4.26. The molecule has 3 fully saturated rings. The van der Waals surface area contributed by atoms with Crippen LogP contribution in [-0.2, 0) is 23.8 Å². The van der Waals surface area contributed by atoms with Crippen LogP contribution >= 0.6 is 0 Å². The topological polar surface area (TPSA) is 65.1 Å². The van der Waals surface area contributed by atoms with Crippen LogP contribution in [-0.4, -0.2) is 36.4 Å². The van der Waals surface area contributed by atoms with E-state index in [9.17, 15) is 9.59 Å². The Labute approximate surface area is 161 Å². The van der Waals surface area contributed by atoms with Crippen molar-refractivity contribution < 1.29 is 23.8 Å². The van der Waals surface area contributed by atoms with Gasteiger partial charge in [0.25, 0.3) is 0 Å². The van der Waals surface area contributed by atoms with Crippen molar-refractivity contribution in [2.24, 2.45) is 22.7 Å². The zero-order chi connectivity index (χ0) is 19.6. The summed E-state index contributed by atoms with van der Waals surface area (Å²) in [7, 11) is 0. The largest absolute Gasteiger partial charge is 0.462 e. The first-order valence-electron chi connectivity index (χ1n) is 10.3. The van der Waals surface area contributed by atoms with E-state index in [4.69, 9.17) is 14.2 Å². The highest BCUT2D eigenvalue weighted by Crippen LogP contribution is 2.70. The van der Waals surface area contributed by atoms with Gasteiger partial charge in [-0.3, -0.25) is 4.79 Å². The van der Waals surface area contributed by atoms with E-state index in [1.807, 2.05) is 0 Å². The summed E-state index contributed by atoms with van der Waals surface area (Å²) >= 11 is 0. The Morgan fingerprint density at radius 1 is 1.30 bits per heavy atom. The molecule has 7 atom stereocenters. The van der Waals surface area contributed by atoms with Crippen molar-refractivity contribution in [1.82, 2.24) is 0 Å². The third-order valence-electron chi connectivity index (χ3n) is 8.63. The minimum atomic E-state index is -0.217. The van der Waals surface area contributed by atoms with Crippen molar-refractivity contribution in [1.29, 1.82) is 0 Å². The van der Waals surface area contributed by atoms with Gasteiger partial charge in [0.15, 0.2) is 0 Å². The van der Waals surface area contributed by atoms with Gasteiger partial charge in [0, 0.05) is 18.4 Å². The highest BCUT2D eigenvalue weighted by atomic mass is 16.6. The van der Waals surface area contributed by atoms with E-state index < -0.39 is 0 Å². The molecule has 0 bridgehead atoms. The van der Waals surface area contributed by atoms with Gasteiger partial charge in [0.1, 0.15) is 18.3 Å². The van der Waals surface area contributed by atoms with Crippen LogP contribution in [0.2, 0.25) is 0 Å². The summed E-state index contributed by atoms with van der Waals surface area (Å²) in [6.45, 7) is 11.1. The van der Waals surface area contributed by atoms with Gasteiger partial charge >= 0.3 is 11.9 Å². The summed E-state index contributed by atoms with van der Waals surface area (Å²) in [5.74, 6) is 0.429. The molecule has 5 heteroatoms. The summed E-state index contributed by atoms with van der Waals surface area (Å²) in [6.07, 6.45) is 6.79. The molecule has 27 heavy (non-hydrogen) atoms. The molecule has 4 aliphatic rings. The molecule has 0 aromatic carbocycles. The van der Waals surface area contributed by atoms with Crippen molar-refractivity contribution in [3.05, 3.63) is 11.6 Å². The first kappa shape index (κ1) is 19.0. The van der Waals surface area contributed by atoms with E-state index >= 15 is 0 Å². The average molecular weight is 376 g/mol. The van der Waals surface area contributed by atoms with Crippen LogP contribution in [0.4, 0.5) is 0 Å². The highest BCUT2D eigenvalue weighted by Gasteiger charge is 2.75. The van der Waals surface area contributed by atoms with Gasteiger partial charge in [-0.05, 0) is 61.9 Å². The lowest BCUT2D eigenvalue weighted by Gasteiger charge is -2.61. The fraction of sp³-hybridized carbons (Fsp3) is 0.818. The number of epoxide rings is 1. The normalized spacial score (nSPS) is 48.2. The van der Waals surface area contributed by atoms with Crippen LogP contribution in [0.3, 0.4) is 0 Å². The number of cyclic esters (lactones) is 1. The van der Waals surface area contributed by atoms with Gasteiger partial charge < -0.3 is 14.2 Å². The lowest BCUT2D eigenvalue weighted by atomic mass is 9.43. The summed E-state index contributed by atoms with van der Waals surface area (Å²) < 4.78 is 17.2. The highest BCUT2D eigenvalue weighted by molar-refractivity contribution is 5.85. The lowest BCUT2D eigenvalue weighted by molar-refractivity contribution is -0.197. The minimum Gasteiger partial charge on any atom is -0.462 e. The number of rotatable bonds is 4. The molecule has 2 saturated carbocycles. The third kappa shape index (κ3) is 2.68. The third-order valence-corrected chi connectivity index (χ3v) is 8.63. The summed E-state index contributed by atoms with van der Waals surface area (Å²) in [6, 6.07) is 0. The lowest BCUT2D eigenvalue weighted by Crippen LogP contribution is -2.63. The van der Waals surface area contributed by atoms with Crippen molar-refractivity contribution in [3.63, 3.8) is 0 Å². The SMILES string of the molecule is CC(=O)O[C@@H]1C[C@@H](C)[C@@](C)(CCC2=CC(=O)OC2)[C@@H]2CC[C@H]3O[C@@]3(C)[C@]12C. The number of hydrogen-bond acceptors (Lipinski definition) is 5. The van der Waals surface area contributed by atoms with Crippen LogP contribution in [0.1, 0.15) is 66.7 Å². The second-order valence-electron chi connectivity index (χ2n) is 9.78. The van der Waals surface area contributed by atoms with Crippen molar-refractivity contribution in [2.75, 3.05) is 6.61 Å². The monoisotopic (exact) mass is 376 g/mol. The standard InChI is InChI=1S/C22H32O5/c1-13-10-18(26-14(2)23)21(4)16(6-7-17-22(21,5)27-17)20(13,3)9-8-15-11-19(24)25-12-15/h11,13,16-18H,6-10,12H2,1-5H3/t13-,16+,17-,18-,20-,21+,22-/m1/s1.